The molecule has 2 aromatic carbocycles. The van der Waals surface area contributed by atoms with Gasteiger partial charge < -0.3 is 5.32 Å². The Morgan fingerprint density at radius 3 is 2.81 bits per heavy atom. The third-order valence-corrected chi connectivity index (χ3v) is 5.47. The Hall–Kier alpha value is -4.11. The molecule has 0 aliphatic heterocycles. The number of carbonyl (C=O) groups is 1. The second-order valence-electron chi connectivity index (χ2n) is 6.79. The summed E-state index contributed by atoms with van der Waals surface area (Å²) in [5, 5.41) is 13.9. The van der Waals surface area contributed by atoms with Gasteiger partial charge in [-0.2, -0.15) is 10.2 Å². The first-order valence-corrected chi connectivity index (χ1v) is 10.4. The van der Waals surface area contributed by atoms with Crippen molar-refractivity contribution in [3.8, 4) is 16.3 Å². The summed E-state index contributed by atoms with van der Waals surface area (Å²) in [4.78, 5) is 21.1. The summed E-state index contributed by atoms with van der Waals surface area (Å²) in [5.41, 5.74) is 3.91. The zero-order valence-corrected chi connectivity index (χ0v) is 17.1. The van der Waals surface area contributed by atoms with Crippen molar-refractivity contribution in [2.75, 3.05) is 5.32 Å². The molecule has 0 atom stereocenters. The Morgan fingerprint density at radius 1 is 1.06 bits per heavy atom. The van der Waals surface area contributed by atoms with E-state index < -0.39 is 0 Å². The lowest BCUT2D eigenvalue weighted by Crippen LogP contribution is -2.12. The lowest BCUT2D eigenvalue weighted by atomic mass is 10.2. The van der Waals surface area contributed by atoms with Gasteiger partial charge in [-0.05, 0) is 29.8 Å². The normalized spacial score (nSPS) is 10.8. The van der Waals surface area contributed by atoms with Crippen LogP contribution in [0.1, 0.15) is 16.1 Å². The van der Waals surface area contributed by atoms with Crippen molar-refractivity contribution in [2.45, 2.75) is 6.54 Å². The molecule has 0 fully saturated rings. The van der Waals surface area contributed by atoms with Gasteiger partial charge in [-0.15, -0.1) is 11.3 Å². The van der Waals surface area contributed by atoms with E-state index in [0.29, 0.717) is 17.9 Å². The van der Waals surface area contributed by atoms with Gasteiger partial charge in [-0.3, -0.25) is 4.79 Å². The van der Waals surface area contributed by atoms with Gasteiger partial charge in [0.05, 0.1) is 18.4 Å². The first kappa shape index (κ1) is 18.9. The first-order valence-electron chi connectivity index (χ1n) is 9.53. The minimum Gasteiger partial charge on any atom is -0.321 e. The Bertz CT molecular complexity index is 1310. The van der Waals surface area contributed by atoms with Crippen LogP contribution in [0.2, 0.25) is 0 Å². The summed E-state index contributed by atoms with van der Waals surface area (Å²) in [5.74, 6) is -0.254. The van der Waals surface area contributed by atoms with Gasteiger partial charge in [-0.1, -0.05) is 30.3 Å². The highest BCUT2D eigenvalue weighted by molar-refractivity contribution is 7.13. The topological polar surface area (TPSA) is 90.5 Å². The van der Waals surface area contributed by atoms with E-state index in [2.05, 4.69) is 25.5 Å². The van der Waals surface area contributed by atoms with E-state index in [1.165, 1.54) is 17.7 Å². The summed E-state index contributed by atoms with van der Waals surface area (Å²) in [6, 6.07) is 17.5. The maximum atomic E-state index is 12.7. The molecule has 0 spiro atoms. The number of nitrogens with one attached hydrogen (secondary N) is 1. The lowest BCUT2D eigenvalue weighted by Gasteiger charge is -2.06. The highest BCUT2D eigenvalue weighted by Gasteiger charge is 2.14. The van der Waals surface area contributed by atoms with E-state index in [-0.39, 0.29) is 5.91 Å². The van der Waals surface area contributed by atoms with Crippen LogP contribution in [0.25, 0.3) is 16.3 Å². The molecular weight excluding hydrogens is 410 g/mol. The molecule has 3 heterocycles. The fourth-order valence-electron chi connectivity index (χ4n) is 3.11. The molecule has 1 amide bonds. The van der Waals surface area contributed by atoms with Crippen LogP contribution in [0.5, 0.6) is 0 Å². The molecule has 8 nitrogen and oxygen atoms in total. The number of amides is 1. The van der Waals surface area contributed by atoms with Gasteiger partial charge in [0.1, 0.15) is 23.4 Å². The van der Waals surface area contributed by atoms with Crippen molar-refractivity contribution >= 4 is 22.9 Å². The van der Waals surface area contributed by atoms with Crippen LogP contribution in [0, 0.1) is 0 Å². The molecule has 152 valence electrons. The van der Waals surface area contributed by atoms with Crippen LogP contribution in [0.4, 0.5) is 5.69 Å². The number of thiazole rings is 1. The van der Waals surface area contributed by atoms with Gasteiger partial charge >= 0.3 is 0 Å². The summed E-state index contributed by atoms with van der Waals surface area (Å²) < 4.78 is 3.51. The Balaban J connectivity index is 1.29. The highest BCUT2D eigenvalue weighted by Crippen LogP contribution is 2.25. The van der Waals surface area contributed by atoms with Crippen LogP contribution in [-0.4, -0.2) is 35.4 Å². The van der Waals surface area contributed by atoms with Crippen LogP contribution in [-0.2, 0) is 6.54 Å². The molecular formula is C22H17N7OS. The predicted octanol–water partition coefficient (Wildman–Crippen LogP) is 3.89. The number of hydrogen-bond donors (Lipinski definition) is 1. The van der Waals surface area contributed by atoms with Gasteiger partial charge in [0.15, 0.2) is 0 Å². The predicted molar refractivity (Wildman–Crippen MR) is 118 cm³/mol. The van der Waals surface area contributed by atoms with Crippen molar-refractivity contribution in [3.63, 3.8) is 0 Å². The number of nitrogens with zero attached hydrogens (tertiary/aromatic N) is 6. The molecule has 31 heavy (non-hydrogen) atoms. The Kier molecular flexibility index (Phi) is 5.07. The van der Waals surface area contributed by atoms with E-state index in [1.807, 2.05) is 60.8 Å². The Morgan fingerprint density at radius 2 is 1.97 bits per heavy atom. The molecule has 9 heteroatoms. The standard InChI is InChI=1S/C22H17N7OS/c30-21(26-18-6-4-5-16(9-18)11-28-15-23-14-25-28)20-13-31-22(27-20)17-10-24-29(12-17)19-7-2-1-3-8-19/h1-10,12-15H,11H2,(H,26,30). The second kappa shape index (κ2) is 8.33. The van der Waals surface area contributed by atoms with E-state index in [0.717, 1.165) is 21.8 Å². The van der Waals surface area contributed by atoms with E-state index >= 15 is 0 Å². The fraction of sp³-hybridized carbons (Fsp3) is 0.0455. The molecule has 5 aromatic rings. The minimum atomic E-state index is -0.254. The first-order chi connectivity index (χ1) is 15.2. The van der Waals surface area contributed by atoms with Crippen LogP contribution >= 0.6 is 11.3 Å². The van der Waals surface area contributed by atoms with Gasteiger partial charge in [-0.25, -0.2) is 19.3 Å². The molecule has 3 aromatic heterocycles. The van der Waals surface area contributed by atoms with Crippen LogP contribution in [0.3, 0.4) is 0 Å². The van der Waals surface area contributed by atoms with Gasteiger partial charge in [0.2, 0.25) is 0 Å². The molecule has 0 bridgehead atoms. The summed E-state index contributed by atoms with van der Waals surface area (Å²) in [6.07, 6.45) is 6.81. The lowest BCUT2D eigenvalue weighted by molar-refractivity contribution is 0.102. The summed E-state index contributed by atoms with van der Waals surface area (Å²) in [6.45, 7) is 0.579. The molecule has 0 radical (unpaired) electrons. The quantitative estimate of drug-likeness (QED) is 0.444. The maximum Gasteiger partial charge on any atom is 0.275 e. The highest BCUT2D eigenvalue weighted by atomic mass is 32.1. The summed E-state index contributed by atoms with van der Waals surface area (Å²) in [7, 11) is 0. The molecule has 0 saturated carbocycles. The van der Waals surface area contributed by atoms with Crippen LogP contribution in [0.15, 0.2) is 85.0 Å². The van der Waals surface area contributed by atoms with Crippen LogP contribution < -0.4 is 5.32 Å². The van der Waals surface area contributed by atoms with Gasteiger partial charge in [0, 0.05) is 22.8 Å². The fourth-order valence-corrected chi connectivity index (χ4v) is 3.89. The van der Waals surface area contributed by atoms with E-state index in [4.69, 9.17) is 0 Å². The number of para-hydroxylation sites is 1. The maximum absolute atomic E-state index is 12.7. The molecule has 0 unspecified atom stereocenters. The molecule has 1 N–H and O–H groups in total. The number of anilines is 1. The average Bonchev–Trinajstić information content (AvgIpc) is 3.56. The third-order valence-electron chi connectivity index (χ3n) is 4.58. The SMILES string of the molecule is O=C(Nc1cccc(Cn2cncn2)c1)c1csc(-c2cnn(-c3ccccc3)c2)n1. The van der Waals surface area contributed by atoms with Crippen molar-refractivity contribution in [3.05, 3.63) is 96.3 Å². The zero-order chi connectivity index (χ0) is 21.0. The molecule has 0 aliphatic carbocycles. The minimum absolute atomic E-state index is 0.254. The number of rotatable bonds is 6. The second-order valence-corrected chi connectivity index (χ2v) is 7.65. The van der Waals surface area contributed by atoms with Gasteiger partial charge in [0.25, 0.3) is 5.91 Å². The smallest absolute Gasteiger partial charge is 0.275 e. The molecule has 0 saturated heterocycles. The van der Waals surface area contributed by atoms with Crippen molar-refractivity contribution in [1.29, 1.82) is 0 Å². The number of aromatic nitrogens is 6. The molecule has 0 aliphatic rings. The Labute approximate surface area is 181 Å². The zero-order valence-electron chi connectivity index (χ0n) is 16.3. The number of benzene rings is 2. The van der Waals surface area contributed by atoms with E-state index in [1.54, 1.807) is 27.3 Å². The average molecular weight is 427 g/mol. The number of carbonyl (C=O) groups excluding carboxylic acids is 1. The van der Waals surface area contributed by atoms with Crippen molar-refractivity contribution < 1.29 is 4.79 Å². The van der Waals surface area contributed by atoms with E-state index in [9.17, 15) is 4.79 Å². The monoisotopic (exact) mass is 427 g/mol. The third kappa shape index (κ3) is 4.26. The van der Waals surface area contributed by atoms with Crippen molar-refractivity contribution in [2.24, 2.45) is 0 Å². The molecule has 5 rings (SSSR count). The largest absolute Gasteiger partial charge is 0.321 e. The summed E-state index contributed by atoms with van der Waals surface area (Å²) >= 11 is 1.41. The number of hydrogen-bond acceptors (Lipinski definition) is 6. The van der Waals surface area contributed by atoms with Crippen molar-refractivity contribution in [1.82, 2.24) is 29.5 Å².